The molecule has 0 aromatic heterocycles. The molecule has 1 saturated carbocycles. The van der Waals surface area contributed by atoms with Crippen molar-refractivity contribution in [2.24, 2.45) is 5.92 Å². The third-order valence-corrected chi connectivity index (χ3v) is 3.44. The minimum Gasteiger partial charge on any atom is -0.374 e. The first-order chi connectivity index (χ1) is 7.37. The third-order valence-electron chi connectivity index (χ3n) is 3.44. The van der Waals surface area contributed by atoms with Crippen molar-refractivity contribution in [3.8, 4) is 0 Å². The highest BCUT2D eigenvalue weighted by Gasteiger charge is 2.36. The molecular weight excluding hydrogens is 198 g/mol. The Morgan fingerprint density at radius 2 is 2.06 bits per heavy atom. The van der Waals surface area contributed by atoms with E-state index in [4.69, 9.17) is 4.74 Å². The fraction of sp³-hybridized carbons (Fsp3) is 1.00. The molecule has 1 N–H and O–H groups in total. The molecule has 2 heteroatoms. The summed E-state index contributed by atoms with van der Waals surface area (Å²) in [4.78, 5) is 0. The second kappa shape index (κ2) is 5.50. The van der Waals surface area contributed by atoms with Crippen LogP contribution in [-0.4, -0.2) is 24.3 Å². The molecule has 2 unspecified atom stereocenters. The van der Waals surface area contributed by atoms with Crippen LogP contribution in [0.15, 0.2) is 0 Å². The van der Waals surface area contributed by atoms with Crippen molar-refractivity contribution < 1.29 is 4.74 Å². The molecule has 0 aliphatic heterocycles. The summed E-state index contributed by atoms with van der Waals surface area (Å²) >= 11 is 0. The van der Waals surface area contributed by atoms with Crippen molar-refractivity contribution in [1.29, 1.82) is 0 Å². The lowest BCUT2D eigenvalue weighted by atomic mass is 9.78. The van der Waals surface area contributed by atoms with E-state index < -0.39 is 0 Å². The Balaban J connectivity index is 2.57. The third kappa shape index (κ3) is 4.42. The van der Waals surface area contributed by atoms with Gasteiger partial charge in [-0.3, -0.25) is 0 Å². The zero-order valence-corrected chi connectivity index (χ0v) is 11.7. The summed E-state index contributed by atoms with van der Waals surface area (Å²) in [5, 5.41) is 3.61. The van der Waals surface area contributed by atoms with Gasteiger partial charge >= 0.3 is 0 Å². The molecule has 0 aromatic carbocycles. The van der Waals surface area contributed by atoms with Crippen LogP contribution in [0.2, 0.25) is 0 Å². The molecule has 2 atom stereocenters. The summed E-state index contributed by atoms with van der Waals surface area (Å²) in [5.41, 5.74) is 0.282. The van der Waals surface area contributed by atoms with Gasteiger partial charge < -0.3 is 10.1 Å². The van der Waals surface area contributed by atoms with E-state index in [0.717, 1.165) is 19.1 Å². The summed E-state index contributed by atoms with van der Waals surface area (Å²) in [6.45, 7) is 13.0. The van der Waals surface area contributed by atoms with Gasteiger partial charge in [0, 0.05) is 18.7 Å². The van der Waals surface area contributed by atoms with E-state index in [2.05, 4.69) is 39.9 Å². The van der Waals surface area contributed by atoms with Crippen LogP contribution in [0.25, 0.3) is 0 Å². The first-order valence-corrected chi connectivity index (χ1v) is 6.76. The lowest BCUT2D eigenvalue weighted by Gasteiger charge is -2.41. The lowest BCUT2D eigenvalue weighted by molar-refractivity contribution is -0.0769. The fourth-order valence-electron chi connectivity index (χ4n) is 2.69. The Morgan fingerprint density at radius 3 is 2.56 bits per heavy atom. The first kappa shape index (κ1) is 14.0. The molecule has 1 aliphatic carbocycles. The van der Waals surface area contributed by atoms with Gasteiger partial charge in [0.25, 0.3) is 0 Å². The monoisotopic (exact) mass is 227 g/mol. The van der Waals surface area contributed by atoms with E-state index in [9.17, 15) is 0 Å². The average molecular weight is 227 g/mol. The maximum absolute atomic E-state index is 6.07. The predicted octanol–water partition coefficient (Wildman–Crippen LogP) is 3.36. The van der Waals surface area contributed by atoms with Crippen molar-refractivity contribution in [3.05, 3.63) is 0 Å². The standard InChI is InChI=1S/C14H29NO/c1-6-16-14(11-15-13(3,4)5)9-7-8-12(2)10-14/h12,15H,6-11H2,1-5H3. The summed E-state index contributed by atoms with van der Waals surface area (Å²) in [5.74, 6) is 0.807. The van der Waals surface area contributed by atoms with Crippen LogP contribution in [0.5, 0.6) is 0 Å². The van der Waals surface area contributed by atoms with Crippen LogP contribution in [0.4, 0.5) is 0 Å². The van der Waals surface area contributed by atoms with E-state index in [1.807, 2.05) is 0 Å². The molecule has 1 aliphatic rings. The number of rotatable bonds is 4. The van der Waals surface area contributed by atoms with Crippen LogP contribution in [0.3, 0.4) is 0 Å². The summed E-state index contributed by atoms with van der Waals surface area (Å²) < 4.78 is 6.07. The summed E-state index contributed by atoms with van der Waals surface area (Å²) in [6, 6.07) is 0. The Labute approximate surface area is 101 Å². The Kier molecular flexibility index (Phi) is 4.81. The Bertz CT molecular complexity index is 205. The van der Waals surface area contributed by atoms with Gasteiger partial charge in [-0.05, 0) is 46.5 Å². The first-order valence-electron chi connectivity index (χ1n) is 6.76. The van der Waals surface area contributed by atoms with Gasteiger partial charge in [-0.1, -0.05) is 19.8 Å². The van der Waals surface area contributed by atoms with Crippen molar-refractivity contribution in [2.75, 3.05) is 13.2 Å². The second-order valence-electron chi connectivity index (χ2n) is 6.42. The van der Waals surface area contributed by atoms with E-state index in [0.29, 0.717) is 0 Å². The van der Waals surface area contributed by atoms with Crippen LogP contribution >= 0.6 is 0 Å². The fourth-order valence-corrected chi connectivity index (χ4v) is 2.69. The van der Waals surface area contributed by atoms with Gasteiger partial charge in [0.05, 0.1) is 5.60 Å². The van der Waals surface area contributed by atoms with Crippen molar-refractivity contribution in [1.82, 2.24) is 5.32 Å². The number of hydrogen-bond acceptors (Lipinski definition) is 2. The molecule has 0 amide bonds. The van der Waals surface area contributed by atoms with Crippen LogP contribution in [0, 0.1) is 5.92 Å². The minimum absolute atomic E-state index is 0.0969. The van der Waals surface area contributed by atoms with Gasteiger partial charge in [-0.15, -0.1) is 0 Å². The zero-order valence-electron chi connectivity index (χ0n) is 11.7. The summed E-state index contributed by atoms with van der Waals surface area (Å²) in [7, 11) is 0. The SMILES string of the molecule is CCOC1(CNC(C)(C)C)CCCC(C)C1. The minimum atomic E-state index is 0.0969. The molecule has 0 bridgehead atoms. The van der Waals surface area contributed by atoms with E-state index >= 15 is 0 Å². The van der Waals surface area contributed by atoms with Gasteiger partial charge in [-0.2, -0.15) is 0 Å². The second-order valence-corrected chi connectivity index (χ2v) is 6.42. The van der Waals surface area contributed by atoms with Crippen molar-refractivity contribution >= 4 is 0 Å². The highest BCUT2D eigenvalue weighted by Crippen LogP contribution is 2.35. The predicted molar refractivity (Wildman–Crippen MR) is 69.7 cm³/mol. The Morgan fingerprint density at radius 1 is 1.38 bits per heavy atom. The van der Waals surface area contributed by atoms with E-state index in [1.54, 1.807) is 0 Å². The van der Waals surface area contributed by atoms with Gasteiger partial charge in [0.15, 0.2) is 0 Å². The molecule has 96 valence electrons. The Hall–Kier alpha value is -0.0800. The zero-order chi connectivity index (χ0) is 12.2. The lowest BCUT2D eigenvalue weighted by Crippen LogP contribution is -2.51. The number of hydrogen-bond donors (Lipinski definition) is 1. The normalized spacial score (nSPS) is 31.7. The summed E-state index contributed by atoms with van der Waals surface area (Å²) in [6.07, 6.45) is 5.11. The van der Waals surface area contributed by atoms with Crippen molar-refractivity contribution in [2.45, 2.75) is 71.4 Å². The van der Waals surface area contributed by atoms with Crippen molar-refractivity contribution in [3.63, 3.8) is 0 Å². The molecule has 0 radical (unpaired) electrons. The van der Waals surface area contributed by atoms with Crippen LogP contribution < -0.4 is 5.32 Å². The maximum Gasteiger partial charge on any atom is 0.0808 e. The molecular formula is C14H29NO. The topological polar surface area (TPSA) is 21.3 Å². The molecule has 16 heavy (non-hydrogen) atoms. The smallest absolute Gasteiger partial charge is 0.0808 e. The molecule has 1 fully saturated rings. The van der Waals surface area contributed by atoms with Crippen LogP contribution in [-0.2, 0) is 4.74 Å². The van der Waals surface area contributed by atoms with Gasteiger partial charge in [0.1, 0.15) is 0 Å². The quantitative estimate of drug-likeness (QED) is 0.795. The molecule has 2 nitrogen and oxygen atoms in total. The largest absolute Gasteiger partial charge is 0.374 e. The van der Waals surface area contributed by atoms with Crippen LogP contribution in [0.1, 0.15) is 60.3 Å². The van der Waals surface area contributed by atoms with Gasteiger partial charge in [0.2, 0.25) is 0 Å². The average Bonchev–Trinajstić information content (AvgIpc) is 2.14. The van der Waals surface area contributed by atoms with E-state index in [1.165, 1.54) is 25.7 Å². The van der Waals surface area contributed by atoms with E-state index in [-0.39, 0.29) is 11.1 Å². The molecule has 0 spiro atoms. The number of nitrogens with one attached hydrogen (secondary N) is 1. The molecule has 0 saturated heterocycles. The highest BCUT2D eigenvalue weighted by molar-refractivity contribution is 4.91. The highest BCUT2D eigenvalue weighted by atomic mass is 16.5. The number of ether oxygens (including phenoxy) is 1. The maximum atomic E-state index is 6.07. The molecule has 0 aromatic rings. The molecule has 0 heterocycles. The molecule has 1 rings (SSSR count). The van der Waals surface area contributed by atoms with Gasteiger partial charge in [-0.25, -0.2) is 0 Å².